The number of hydrogen-bond donors (Lipinski definition) is 1. The van der Waals surface area contributed by atoms with Crippen molar-refractivity contribution >= 4 is 15.5 Å². The second-order valence-electron chi connectivity index (χ2n) is 4.84. The number of nitrogens with two attached hydrogens (primary N) is 1. The molecule has 0 bridgehead atoms. The lowest BCUT2D eigenvalue weighted by Crippen LogP contribution is -2.10. The van der Waals surface area contributed by atoms with Gasteiger partial charge in [-0.05, 0) is 37.1 Å². The molecule has 6 heteroatoms. The first-order valence-electron chi connectivity index (χ1n) is 6.43. The van der Waals surface area contributed by atoms with Crippen molar-refractivity contribution in [1.82, 2.24) is 4.98 Å². The SMILES string of the molecule is COc1ccccc1S(=O)(=O)Cc1ncc(C)c(N)c1C. The average Bonchev–Trinajstić information content (AvgIpc) is 2.48. The third kappa shape index (κ3) is 3.00. The molecule has 0 amide bonds. The van der Waals surface area contributed by atoms with Gasteiger partial charge in [0, 0.05) is 11.9 Å². The van der Waals surface area contributed by atoms with E-state index in [0.717, 1.165) is 5.56 Å². The molecule has 1 heterocycles. The highest BCUT2D eigenvalue weighted by Gasteiger charge is 2.22. The predicted molar refractivity (Wildman–Crippen MR) is 82.0 cm³/mol. The average molecular weight is 306 g/mol. The highest BCUT2D eigenvalue weighted by Crippen LogP contribution is 2.27. The molecule has 21 heavy (non-hydrogen) atoms. The van der Waals surface area contributed by atoms with E-state index in [1.807, 2.05) is 6.92 Å². The third-order valence-corrected chi connectivity index (χ3v) is 5.07. The Hall–Kier alpha value is -2.08. The zero-order valence-corrected chi connectivity index (χ0v) is 13.1. The van der Waals surface area contributed by atoms with Crippen LogP contribution in [0.1, 0.15) is 16.8 Å². The topological polar surface area (TPSA) is 82.3 Å². The van der Waals surface area contributed by atoms with Crippen molar-refractivity contribution in [3.8, 4) is 5.75 Å². The highest BCUT2D eigenvalue weighted by atomic mass is 32.2. The fraction of sp³-hybridized carbons (Fsp3) is 0.267. The Bertz CT molecular complexity index is 770. The monoisotopic (exact) mass is 306 g/mol. The molecule has 0 unspecified atom stereocenters. The molecule has 0 saturated heterocycles. The van der Waals surface area contributed by atoms with Crippen LogP contribution in [-0.4, -0.2) is 20.5 Å². The first-order valence-corrected chi connectivity index (χ1v) is 8.08. The number of pyridine rings is 1. The summed E-state index contributed by atoms with van der Waals surface area (Å²) in [6.07, 6.45) is 1.59. The Morgan fingerprint density at radius 1 is 1.24 bits per heavy atom. The van der Waals surface area contributed by atoms with Crippen LogP contribution in [0.4, 0.5) is 5.69 Å². The van der Waals surface area contributed by atoms with Crippen molar-refractivity contribution < 1.29 is 13.2 Å². The van der Waals surface area contributed by atoms with Crippen LogP contribution in [-0.2, 0) is 15.6 Å². The molecule has 0 aliphatic heterocycles. The van der Waals surface area contributed by atoms with Crippen molar-refractivity contribution in [1.29, 1.82) is 0 Å². The Morgan fingerprint density at radius 3 is 2.57 bits per heavy atom. The third-order valence-electron chi connectivity index (χ3n) is 3.41. The van der Waals surface area contributed by atoms with Crippen LogP contribution >= 0.6 is 0 Å². The molecule has 0 fully saturated rings. The number of aromatic nitrogens is 1. The van der Waals surface area contributed by atoms with Gasteiger partial charge < -0.3 is 10.5 Å². The molecule has 0 radical (unpaired) electrons. The van der Waals surface area contributed by atoms with Gasteiger partial charge in [-0.1, -0.05) is 12.1 Å². The van der Waals surface area contributed by atoms with Crippen LogP contribution in [0.25, 0.3) is 0 Å². The summed E-state index contributed by atoms with van der Waals surface area (Å²) in [4.78, 5) is 4.36. The number of ether oxygens (including phenoxy) is 1. The molecule has 1 aromatic heterocycles. The second kappa shape index (κ2) is 5.73. The van der Waals surface area contributed by atoms with Gasteiger partial charge in [-0.3, -0.25) is 4.98 Å². The van der Waals surface area contributed by atoms with E-state index >= 15 is 0 Å². The predicted octanol–water partition coefficient (Wildman–Crippen LogP) is 2.26. The van der Waals surface area contributed by atoms with Crippen LogP contribution in [0.15, 0.2) is 35.4 Å². The first kappa shape index (κ1) is 15.3. The maximum Gasteiger partial charge on any atom is 0.187 e. The molecule has 0 spiro atoms. The van der Waals surface area contributed by atoms with Gasteiger partial charge in [-0.2, -0.15) is 0 Å². The second-order valence-corrected chi connectivity index (χ2v) is 6.79. The van der Waals surface area contributed by atoms with E-state index in [0.29, 0.717) is 22.7 Å². The summed E-state index contributed by atoms with van der Waals surface area (Å²) >= 11 is 0. The summed E-state index contributed by atoms with van der Waals surface area (Å²) in [5, 5.41) is 0. The fourth-order valence-corrected chi connectivity index (χ4v) is 3.62. The lowest BCUT2D eigenvalue weighted by molar-refractivity contribution is 0.402. The molecule has 5 nitrogen and oxygen atoms in total. The summed E-state index contributed by atoms with van der Waals surface area (Å²) in [7, 11) is -2.11. The van der Waals surface area contributed by atoms with Crippen molar-refractivity contribution in [2.24, 2.45) is 0 Å². The minimum Gasteiger partial charge on any atom is -0.495 e. The van der Waals surface area contributed by atoms with Crippen LogP contribution in [0.5, 0.6) is 5.75 Å². The van der Waals surface area contributed by atoms with Crippen molar-refractivity contribution in [3.05, 3.63) is 47.3 Å². The molecule has 0 saturated carbocycles. The van der Waals surface area contributed by atoms with Gasteiger partial charge in [0.15, 0.2) is 9.84 Å². The summed E-state index contributed by atoms with van der Waals surface area (Å²) in [5.74, 6) is 0.124. The van der Waals surface area contributed by atoms with E-state index in [1.165, 1.54) is 13.2 Å². The van der Waals surface area contributed by atoms with Crippen LogP contribution < -0.4 is 10.5 Å². The van der Waals surface area contributed by atoms with E-state index in [9.17, 15) is 8.42 Å². The standard InChI is InChI=1S/C15H18N2O3S/c1-10-8-17-12(11(2)15(10)16)9-21(18,19)14-7-5-4-6-13(14)20-3/h4-8H,9H2,1-3H3,(H2,16,17). The van der Waals surface area contributed by atoms with Crippen molar-refractivity contribution in [2.45, 2.75) is 24.5 Å². The highest BCUT2D eigenvalue weighted by molar-refractivity contribution is 7.90. The largest absolute Gasteiger partial charge is 0.495 e. The van der Waals surface area contributed by atoms with Gasteiger partial charge in [0.25, 0.3) is 0 Å². The zero-order valence-electron chi connectivity index (χ0n) is 12.3. The Morgan fingerprint density at radius 2 is 1.90 bits per heavy atom. The number of benzene rings is 1. The van der Waals surface area contributed by atoms with E-state index in [1.54, 1.807) is 31.3 Å². The Kier molecular flexibility index (Phi) is 4.18. The minimum atomic E-state index is -3.55. The summed E-state index contributed by atoms with van der Waals surface area (Å²) < 4.78 is 30.3. The first-order chi connectivity index (χ1) is 9.86. The lowest BCUT2D eigenvalue weighted by atomic mass is 10.1. The van der Waals surface area contributed by atoms with Gasteiger partial charge in [-0.25, -0.2) is 8.42 Å². The molecule has 1 aromatic carbocycles. The van der Waals surface area contributed by atoms with Crippen molar-refractivity contribution in [2.75, 3.05) is 12.8 Å². The Labute approximate surface area is 124 Å². The maximum absolute atomic E-state index is 12.6. The number of aryl methyl sites for hydroxylation is 1. The van der Waals surface area contributed by atoms with E-state index in [-0.39, 0.29) is 10.6 Å². The number of anilines is 1. The van der Waals surface area contributed by atoms with Gasteiger partial charge in [0.05, 0.1) is 18.6 Å². The van der Waals surface area contributed by atoms with Crippen LogP contribution in [0.2, 0.25) is 0 Å². The van der Waals surface area contributed by atoms with Crippen LogP contribution in [0.3, 0.4) is 0 Å². The molecule has 2 N–H and O–H groups in total. The quantitative estimate of drug-likeness (QED) is 0.937. The van der Waals surface area contributed by atoms with Crippen LogP contribution in [0, 0.1) is 13.8 Å². The molecule has 0 atom stereocenters. The molecule has 112 valence electrons. The fourth-order valence-electron chi connectivity index (χ4n) is 2.07. The lowest BCUT2D eigenvalue weighted by Gasteiger charge is -2.12. The van der Waals surface area contributed by atoms with Gasteiger partial charge in [0.1, 0.15) is 10.6 Å². The maximum atomic E-state index is 12.6. The van der Waals surface area contributed by atoms with E-state index in [2.05, 4.69) is 4.98 Å². The van der Waals surface area contributed by atoms with E-state index in [4.69, 9.17) is 10.5 Å². The molecule has 2 aromatic rings. The number of rotatable bonds is 4. The summed E-state index contributed by atoms with van der Waals surface area (Å²) in [6, 6.07) is 6.54. The van der Waals surface area contributed by atoms with Gasteiger partial charge in [0.2, 0.25) is 0 Å². The number of nitrogens with zero attached hydrogens (tertiary/aromatic N) is 1. The molecular formula is C15H18N2O3S. The summed E-state index contributed by atoms with van der Waals surface area (Å²) in [5.41, 5.74) is 8.52. The minimum absolute atomic E-state index is 0.160. The zero-order chi connectivity index (χ0) is 15.6. The number of sulfone groups is 1. The van der Waals surface area contributed by atoms with Gasteiger partial charge >= 0.3 is 0 Å². The summed E-state index contributed by atoms with van der Waals surface area (Å²) in [6.45, 7) is 3.62. The number of methoxy groups -OCH3 is 1. The molecule has 0 aliphatic rings. The normalized spacial score (nSPS) is 11.4. The number of nitrogen functional groups attached to an aromatic ring is 1. The van der Waals surface area contributed by atoms with Gasteiger partial charge in [-0.15, -0.1) is 0 Å². The Balaban J connectivity index is 2.45. The van der Waals surface area contributed by atoms with Crippen molar-refractivity contribution in [3.63, 3.8) is 0 Å². The smallest absolute Gasteiger partial charge is 0.187 e. The molecule has 2 rings (SSSR count). The number of hydrogen-bond acceptors (Lipinski definition) is 5. The molecule has 0 aliphatic carbocycles. The van der Waals surface area contributed by atoms with E-state index < -0.39 is 9.84 Å². The molecular weight excluding hydrogens is 288 g/mol. The number of para-hydroxylation sites is 1.